The average molecular weight is 346 g/mol. The summed E-state index contributed by atoms with van der Waals surface area (Å²) in [4.78, 5) is 11.5. The number of halogens is 2. The Morgan fingerprint density at radius 3 is 2.24 bits per heavy atom. The minimum absolute atomic E-state index is 0.105. The summed E-state index contributed by atoms with van der Waals surface area (Å²) in [5.74, 6) is 0.811. The van der Waals surface area contributed by atoms with Crippen LogP contribution in [-0.2, 0) is 0 Å². The lowest BCUT2D eigenvalue weighted by molar-refractivity contribution is 0.0815. The molecule has 25 heavy (non-hydrogen) atoms. The summed E-state index contributed by atoms with van der Waals surface area (Å²) in [6, 6.07) is 11.1. The van der Waals surface area contributed by atoms with Crippen molar-refractivity contribution in [2.45, 2.75) is 46.0 Å². The van der Waals surface area contributed by atoms with E-state index >= 15 is 0 Å². The van der Waals surface area contributed by atoms with Gasteiger partial charge in [-0.25, -0.2) is 8.78 Å². The number of carbonyl (C=O) groups is 1. The number of hydrogen-bond acceptors (Lipinski definition) is 2. The van der Waals surface area contributed by atoms with Crippen molar-refractivity contribution in [1.82, 2.24) is 0 Å². The molecule has 0 amide bonds. The van der Waals surface area contributed by atoms with Crippen LogP contribution in [0.2, 0.25) is 0 Å². The van der Waals surface area contributed by atoms with Gasteiger partial charge in [-0.3, -0.25) is 4.79 Å². The van der Waals surface area contributed by atoms with Crippen LogP contribution in [0.5, 0.6) is 5.75 Å². The molecule has 0 radical (unpaired) electrons. The molecule has 0 saturated carbocycles. The number of alkyl halides is 2. The molecule has 0 heterocycles. The van der Waals surface area contributed by atoms with Gasteiger partial charge in [0.05, 0.1) is 0 Å². The number of hydrogen-bond donors (Lipinski definition) is 0. The van der Waals surface area contributed by atoms with Gasteiger partial charge in [-0.2, -0.15) is 0 Å². The van der Waals surface area contributed by atoms with Gasteiger partial charge in [0, 0.05) is 11.1 Å². The number of aldehydes is 1. The van der Waals surface area contributed by atoms with E-state index in [1.807, 2.05) is 38.1 Å². The van der Waals surface area contributed by atoms with Gasteiger partial charge in [-0.1, -0.05) is 58.0 Å². The van der Waals surface area contributed by atoms with E-state index in [4.69, 9.17) is 4.74 Å². The molecule has 0 aliphatic heterocycles. The largest absolute Gasteiger partial charge is 0.487 e. The van der Waals surface area contributed by atoms with Crippen LogP contribution in [0.4, 0.5) is 8.78 Å². The van der Waals surface area contributed by atoms with Gasteiger partial charge in [0.2, 0.25) is 0 Å². The fraction of sp³-hybridized carbons (Fsp3) is 0.381. The summed E-state index contributed by atoms with van der Waals surface area (Å²) in [6.07, 6.45) is -1.78. The Bertz CT molecular complexity index is 737. The van der Waals surface area contributed by atoms with E-state index in [2.05, 4.69) is 13.8 Å². The van der Waals surface area contributed by atoms with E-state index in [1.54, 1.807) is 12.1 Å². The van der Waals surface area contributed by atoms with Gasteiger partial charge in [-0.15, -0.1) is 0 Å². The van der Waals surface area contributed by atoms with Gasteiger partial charge in [0.15, 0.2) is 6.29 Å². The van der Waals surface area contributed by atoms with E-state index < -0.39 is 13.0 Å². The molecular formula is C21H24F2O2. The summed E-state index contributed by atoms with van der Waals surface area (Å²) in [5, 5.41) is 0. The molecule has 2 rings (SSSR count). The van der Waals surface area contributed by atoms with E-state index in [9.17, 15) is 13.6 Å². The Morgan fingerprint density at radius 2 is 1.68 bits per heavy atom. The molecule has 0 unspecified atom stereocenters. The third-order valence-electron chi connectivity index (χ3n) is 4.16. The Balaban J connectivity index is 2.74. The molecule has 0 aliphatic rings. The monoisotopic (exact) mass is 346 g/mol. The SMILES string of the molecule is CC(C)c1cc(-c2ccccc2C=O)c(OCC(F)F)c(C(C)C)c1. The summed E-state index contributed by atoms with van der Waals surface area (Å²) in [7, 11) is 0. The van der Waals surface area contributed by atoms with E-state index in [-0.39, 0.29) is 11.8 Å². The molecule has 2 aromatic carbocycles. The van der Waals surface area contributed by atoms with Gasteiger partial charge in [0.1, 0.15) is 12.4 Å². The summed E-state index contributed by atoms with van der Waals surface area (Å²) < 4.78 is 31.0. The number of benzene rings is 2. The maximum Gasteiger partial charge on any atom is 0.272 e. The van der Waals surface area contributed by atoms with Crippen LogP contribution < -0.4 is 4.74 Å². The van der Waals surface area contributed by atoms with Crippen LogP contribution in [0.3, 0.4) is 0 Å². The van der Waals surface area contributed by atoms with Crippen molar-refractivity contribution in [3.8, 4) is 16.9 Å². The topological polar surface area (TPSA) is 26.3 Å². The number of ether oxygens (including phenoxy) is 1. The number of rotatable bonds is 7. The molecule has 4 heteroatoms. The maximum absolute atomic E-state index is 12.8. The molecule has 0 atom stereocenters. The quantitative estimate of drug-likeness (QED) is 0.570. The zero-order valence-electron chi connectivity index (χ0n) is 15.1. The Labute approximate surface area is 147 Å². The normalized spacial score (nSPS) is 11.4. The van der Waals surface area contributed by atoms with E-state index in [1.165, 1.54) is 0 Å². The van der Waals surface area contributed by atoms with Gasteiger partial charge in [-0.05, 0) is 34.6 Å². The van der Waals surface area contributed by atoms with Crippen LogP contribution in [0, 0.1) is 0 Å². The molecule has 0 fully saturated rings. The predicted molar refractivity (Wildman–Crippen MR) is 96.9 cm³/mol. The molecule has 0 spiro atoms. The zero-order valence-corrected chi connectivity index (χ0v) is 15.1. The Hall–Kier alpha value is -2.23. The van der Waals surface area contributed by atoms with Crippen molar-refractivity contribution in [2.75, 3.05) is 6.61 Å². The smallest absolute Gasteiger partial charge is 0.272 e. The standard InChI is InChI=1S/C21H24F2O2/c1-13(2)16-9-18(14(3)4)21(25-12-20(22)23)19(10-16)17-8-6-5-7-15(17)11-24/h5-11,13-14,20H,12H2,1-4H3. The first kappa shape index (κ1) is 19.1. The second-order valence-corrected chi connectivity index (χ2v) is 6.70. The summed E-state index contributed by atoms with van der Waals surface area (Å²) in [6.45, 7) is 7.49. The first-order valence-electron chi connectivity index (χ1n) is 8.48. The van der Waals surface area contributed by atoms with Crippen molar-refractivity contribution in [3.63, 3.8) is 0 Å². The highest BCUT2D eigenvalue weighted by atomic mass is 19.3. The Kier molecular flexibility index (Phi) is 6.29. The lowest BCUT2D eigenvalue weighted by Gasteiger charge is -2.22. The second kappa shape index (κ2) is 8.24. The predicted octanol–water partition coefficient (Wildman–Crippen LogP) is 6.06. The van der Waals surface area contributed by atoms with Crippen molar-refractivity contribution >= 4 is 6.29 Å². The molecule has 0 aromatic heterocycles. The lowest BCUT2D eigenvalue weighted by atomic mass is 9.88. The van der Waals surface area contributed by atoms with Crippen LogP contribution in [0.15, 0.2) is 36.4 Å². The fourth-order valence-electron chi connectivity index (χ4n) is 2.79. The third kappa shape index (κ3) is 4.44. The van der Waals surface area contributed by atoms with Crippen LogP contribution >= 0.6 is 0 Å². The minimum atomic E-state index is -2.56. The molecule has 134 valence electrons. The summed E-state index contributed by atoms with van der Waals surface area (Å²) in [5.41, 5.74) is 3.87. The van der Waals surface area contributed by atoms with Gasteiger partial charge >= 0.3 is 0 Å². The van der Waals surface area contributed by atoms with Crippen molar-refractivity contribution in [1.29, 1.82) is 0 Å². The first-order valence-corrected chi connectivity index (χ1v) is 8.48. The molecule has 0 N–H and O–H groups in total. The summed E-state index contributed by atoms with van der Waals surface area (Å²) >= 11 is 0. The van der Waals surface area contributed by atoms with Crippen LogP contribution in [0.25, 0.3) is 11.1 Å². The minimum Gasteiger partial charge on any atom is -0.487 e. The van der Waals surface area contributed by atoms with Crippen molar-refractivity contribution in [2.24, 2.45) is 0 Å². The van der Waals surface area contributed by atoms with Crippen molar-refractivity contribution in [3.05, 3.63) is 53.1 Å². The zero-order chi connectivity index (χ0) is 18.6. The van der Waals surface area contributed by atoms with Crippen molar-refractivity contribution < 1.29 is 18.3 Å². The van der Waals surface area contributed by atoms with E-state index in [0.717, 1.165) is 17.4 Å². The van der Waals surface area contributed by atoms with Gasteiger partial charge < -0.3 is 4.74 Å². The Morgan fingerprint density at radius 1 is 1.00 bits per heavy atom. The van der Waals surface area contributed by atoms with Gasteiger partial charge in [0.25, 0.3) is 6.43 Å². The average Bonchev–Trinajstić information content (AvgIpc) is 2.58. The highest BCUT2D eigenvalue weighted by molar-refractivity contribution is 5.90. The molecule has 2 aromatic rings. The molecule has 0 saturated heterocycles. The highest BCUT2D eigenvalue weighted by Crippen LogP contribution is 2.40. The molecule has 0 bridgehead atoms. The first-order chi connectivity index (χ1) is 11.8. The molecule has 2 nitrogen and oxygen atoms in total. The maximum atomic E-state index is 12.8. The lowest BCUT2D eigenvalue weighted by Crippen LogP contribution is -2.11. The fourth-order valence-corrected chi connectivity index (χ4v) is 2.79. The number of carbonyl (C=O) groups excluding carboxylic acids is 1. The van der Waals surface area contributed by atoms with E-state index in [0.29, 0.717) is 22.4 Å². The third-order valence-corrected chi connectivity index (χ3v) is 4.16. The highest BCUT2D eigenvalue weighted by Gasteiger charge is 2.20. The van der Waals surface area contributed by atoms with Crippen LogP contribution in [0.1, 0.15) is 61.0 Å². The molecule has 0 aliphatic carbocycles. The molecular weight excluding hydrogens is 322 g/mol. The second-order valence-electron chi connectivity index (χ2n) is 6.70. The van der Waals surface area contributed by atoms with Crippen LogP contribution in [-0.4, -0.2) is 19.3 Å².